The molecule has 12 heteroatoms. The molecule has 1 aliphatic heterocycles. The van der Waals surface area contributed by atoms with Crippen LogP contribution in [0, 0.1) is 5.82 Å². The lowest BCUT2D eigenvalue weighted by Gasteiger charge is -2.28. The van der Waals surface area contributed by atoms with E-state index >= 15 is 0 Å². The van der Waals surface area contributed by atoms with Crippen molar-refractivity contribution in [1.29, 1.82) is 0 Å². The van der Waals surface area contributed by atoms with Crippen LogP contribution < -0.4 is 15.5 Å². The van der Waals surface area contributed by atoms with Gasteiger partial charge in [-0.3, -0.25) is 0 Å². The van der Waals surface area contributed by atoms with Crippen LogP contribution in [0.2, 0.25) is 0 Å². The van der Waals surface area contributed by atoms with Gasteiger partial charge >= 0.3 is 12.2 Å². The number of morpholine rings is 1. The molecular formula is C30H23F4N5O3. The van der Waals surface area contributed by atoms with Crippen molar-refractivity contribution in [3.05, 3.63) is 90.4 Å². The topological polar surface area (TPSA) is 92.5 Å². The van der Waals surface area contributed by atoms with Crippen LogP contribution in [-0.4, -0.2) is 42.3 Å². The molecule has 1 aliphatic rings. The molecule has 0 atom stereocenters. The van der Waals surface area contributed by atoms with Crippen LogP contribution in [0.4, 0.5) is 39.4 Å². The minimum atomic E-state index is -4.48. The van der Waals surface area contributed by atoms with Gasteiger partial charge in [-0.2, -0.15) is 18.2 Å². The zero-order chi connectivity index (χ0) is 29.3. The number of rotatable bonds is 5. The normalized spacial score (nSPS) is 13.8. The minimum absolute atomic E-state index is 0.00301. The van der Waals surface area contributed by atoms with E-state index in [-0.39, 0.29) is 28.5 Å². The van der Waals surface area contributed by atoms with E-state index in [0.717, 1.165) is 60.2 Å². The first-order valence-electron chi connectivity index (χ1n) is 13.0. The van der Waals surface area contributed by atoms with Gasteiger partial charge in [-0.15, -0.1) is 0 Å². The van der Waals surface area contributed by atoms with Crippen molar-refractivity contribution in [2.45, 2.75) is 6.18 Å². The van der Waals surface area contributed by atoms with Crippen LogP contribution >= 0.6 is 0 Å². The Balaban J connectivity index is 1.18. The molecule has 6 rings (SSSR count). The average molecular weight is 578 g/mol. The number of carbonyl (C=O) groups excluding carboxylic acids is 1. The maximum Gasteiger partial charge on any atom is 0.416 e. The summed E-state index contributed by atoms with van der Waals surface area (Å²) >= 11 is 0. The highest BCUT2D eigenvalue weighted by Crippen LogP contribution is 2.32. The number of alkyl halides is 3. The summed E-state index contributed by atoms with van der Waals surface area (Å²) in [5.41, 5.74) is 3.01. The monoisotopic (exact) mass is 577 g/mol. The van der Waals surface area contributed by atoms with E-state index in [1.54, 1.807) is 12.3 Å². The van der Waals surface area contributed by atoms with Gasteiger partial charge < -0.3 is 24.7 Å². The molecule has 214 valence electrons. The van der Waals surface area contributed by atoms with Crippen LogP contribution in [0.1, 0.15) is 5.56 Å². The summed E-state index contributed by atoms with van der Waals surface area (Å²) in [5, 5.41) is 4.97. The summed E-state index contributed by atoms with van der Waals surface area (Å²) in [6, 6.07) is 16.9. The molecule has 3 heterocycles. The number of nitrogens with one attached hydrogen (secondary N) is 2. The smallest absolute Gasteiger partial charge is 0.416 e. The van der Waals surface area contributed by atoms with E-state index in [4.69, 9.17) is 9.15 Å². The number of fused-ring (bicyclic) bond motifs is 1. The zero-order valence-corrected chi connectivity index (χ0v) is 21.9. The molecule has 5 aromatic rings. The van der Waals surface area contributed by atoms with Gasteiger partial charge in [0.2, 0.25) is 5.89 Å². The highest BCUT2D eigenvalue weighted by Gasteiger charge is 2.30. The number of hydrogen-bond acceptors (Lipinski definition) is 6. The molecular weight excluding hydrogens is 554 g/mol. The lowest BCUT2D eigenvalue weighted by atomic mass is 10.1. The second-order valence-electron chi connectivity index (χ2n) is 9.56. The SMILES string of the molecule is O=C(Nc1ccc(C(F)(F)F)cc1)Nc1ccc(F)c(-c2nc3ncc(-c4ccc(N5CCOCC5)cc4)cc3o2)c1. The molecule has 1 saturated heterocycles. The molecule has 3 aromatic carbocycles. The van der Waals surface area contributed by atoms with Gasteiger partial charge in [-0.25, -0.2) is 14.2 Å². The molecule has 2 amide bonds. The predicted octanol–water partition coefficient (Wildman–Crippen LogP) is 7.20. The Morgan fingerprint density at radius 3 is 2.26 bits per heavy atom. The maximum atomic E-state index is 14.8. The summed E-state index contributed by atoms with van der Waals surface area (Å²) in [6.45, 7) is 3.08. The number of halogens is 4. The molecule has 0 aliphatic carbocycles. The third-order valence-electron chi connectivity index (χ3n) is 6.75. The number of hydrogen-bond donors (Lipinski definition) is 2. The number of pyridine rings is 1. The summed E-state index contributed by atoms with van der Waals surface area (Å²) < 4.78 is 64.4. The Bertz CT molecular complexity index is 1730. The number of amides is 2. The van der Waals surface area contributed by atoms with Gasteiger partial charge in [0.15, 0.2) is 11.2 Å². The predicted molar refractivity (Wildman–Crippen MR) is 150 cm³/mol. The summed E-state index contributed by atoms with van der Waals surface area (Å²) in [5.74, 6) is -0.657. The Kier molecular flexibility index (Phi) is 7.21. The van der Waals surface area contributed by atoms with Crippen LogP contribution in [0.3, 0.4) is 0 Å². The number of urea groups is 1. The van der Waals surface area contributed by atoms with Crippen molar-refractivity contribution in [2.75, 3.05) is 41.8 Å². The lowest BCUT2D eigenvalue weighted by Crippen LogP contribution is -2.36. The van der Waals surface area contributed by atoms with Crippen molar-refractivity contribution < 1.29 is 31.5 Å². The highest BCUT2D eigenvalue weighted by molar-refractivity contribution is 6.00. The lowest BCUT2D eigenvalue weighted by molar-refractivity contribution is -0.137. The minimum Gasteiger partial charge on any atom is -0.434 e. The van der Waals surface area contributed by atoms with Gasteiger partial charge in [0.05, 0.1) is 24.3 Å². The first kappa shape index (κ1) is 27.2. The molecule has 8 nitrogen and oxygen atoms in total. The van der Waals surface area contributed by atoms with E-state index in [0.29, 0.717) is 18.8 Å². The number of benzene rings is 3. The second-order valence-corrected chi connectivity index (χ2v) is 9.56. The van der Waals surface area contributed by atoms with Gasteiger partial charge in [-0.05, 0) is 66.2 Å². The first-order chi connectivity index (χ1) is 20.2. The number of ether oxygens (including phenoxy) is 1. The van der Waals surface area contributed by atoms with Crippen LogP contribution in [0.15, 0.2) is 83.4 Å². The number of nitrogens with zero attached hydrogens (tertiary/aromatic N) is 3. The van der Waals surface area contributed by atoms with E-state index < -0.39 is 23.6 Å². The molecule has 0 bridgehead atoms. The Hall–Kier alpha value is -4.97. The third-order valence-corrected chi connectivity index (χ3v) is 6.75. The van der Waals surface area contributed by atoms with Crippen molar-refractivity contribution in [3.8, 4) is 22.6 Å². The van der Waals surface area contributed by atoms with Gasteiger partial charge in [-0.1, -0.05) is 12.1 Å². The standard InChI is InChI=1S/C30H23F4N5O3/c31-25-10-7-22(37-29(40)36-21-5-3-20(4-6-21)30(32,33)34)16-24(25)28-38-27-26(42-28)15-19(17-35-27)18-1-8-23(9-2-18)39-11-13-41-14-12-39/h1-10,15-17H,11-14H2,(H2,36,37,40). The van der Waals surface area contributed by atoms with E-state index in [2.05, 4.69) is 25.5 Å². The van der Waals surface area contributed by atoms with E-state index in [1.165, 1.54) is 12.1 Å². The van der Waals surface area contributed by atoms with Crippen molar-refractivity contribution in [1.82, 2.24) is 9.97 Å². The molecule has 0 radical (unpaired) electrons. The molecule has 0 unspecified atom stereocenters. The maximum absolute atomic E-state index is 14.8. The average Bonchev–Trinajstić information content (AvgIpc) is 3.42. The van der Waals surface area contributed by atoms with Crippen LogP contribution in [0.25, 0.3) is 33.8 Å². The Morgan fingerprint density at radius 1 is 0.857 bits per heavy atom. The Morgan fingerprint density at radius 2 is 1.55 bits per heavy atom. The van der Waals surface area contributed by atoms with E-state index in [1.807, 2.05) is 24.3 Å². The van der Waals surface area contributed by atoms with Crippen molar-refractivity contribution in [3.63, 3.8) is 0 Å². The molecule has 2 N–H and O–H groups in total. The summed E-state index contributed by atoms with van der Waals surface area (Å²) in [6.07, 6.45) is -2.82. The Labute approximate surface area is 236 Å². The molecule has 0 spiro atoms. The largest absolute Gasteiger partial charge is 0.434 e. The fraction of sp³-hybridized carbons (Fsp3) is 0.167. The highest BCUT2D eigenvalue weighted by atomic mass is 19.4. The van der Waals surface area contributed by atoms with Crippen LogP contribution in [0.5, 0.6) is 0 Å². The number of aromatic nitrogens is 2. The van der Waals surface area contributed by atoms with Crippen molar-refractivity contribution >= 4 is 34.3 Å². The van der Waals surface area contributed by atoms with E-state index in [9.17, 15) is 22.4 Å². The van der Waals surface area contributed by atoms with Crippen molar-refractivity contribution in [2.24, 2.45) is 0 Å². The number of carbonyl (C=O) groups is 1. The quantitative estimate of drug-likeness (QED) is 0.215. The first-order valence-corrected chi connectivity index (χ1v) is 13.0. The fourth-order valence-electron chi connectivity index (χ4n) is 4.58. The van der Waals surface area contributed by atoms with Gasteiger partial charge in [0.25, 0.3) is 0 Å². The number of oxazole rings is 1. The van der Waals surface area contributed by atoms with Crippen LogP contribution in [-0.2, 0) is 10.9 Å². The number of anilines is 3. The summed E-state index contributed by atoms with van der Waals surface area (Å²) in [7, 11) is 0. The molecule has 2 aromatic heterocycles. The molecule has 0 saturated carbocycles. The second kappa shape index (κ2) is 11.1. The fourth-order valence-corrected chi connectivity index (χ4v) is 4.58. The third kappa shape index (κ3) is 5.88. The summed E-state index contributed by atoms with van der Waals surface area (Å²) in [4.78, 5) is 23.4. The van der Waals surface area contributed by atoms with Gasteiger partial charge in [0, 0.05) is 41.9 Å². The zero-order valence-electron chi connectivity index (χ0n) is 21.9. The molecule has 42 heavy (non-hydrogen) atoms. The molecule has 1 fully saturated rings. The van der Waals surface area contributed by atoms with Gasteiger partial charge in [0.1, 0.15) is 5.82 Å².